The van der Waals surface area contributed by atoms with Gasteiger partial charge in [0.1, 0.15) is 0 Å². The SMILES string of the molecule is C/C=C/CCC[C@H]1CC[C@H](CCc2cc(F)c(F)c(F)c2)CC1. The van der Waals surface area contributed by atoms with Gasteiger partial charge in [-0.25, -0.2) is 13.2 Å². The number of benzene rings is 1. The summed E-state index contributed by atoms with van der Waals surface area (Å²) in [6.07, 6.45) is 14.6. The van der Waals surface area contributed by atoms with Crippen molar-refractivity contribution in [3.8, 4) is 0 Å². The third kappa shape index (κ3) is 5.71. The Morgan fingerprint density at radius 2 is 1.52 bits per heavy atom. The zero-order chi connectivity index (χ0) is 16.7. The van der Waals surface area contributed by atoms with E-state index in [1.165, 1.54) is 44.9 Å². The second-order valence-electron chi connectivity index (χ2n) is 6.80. The van der Waals surface area contributed by atoms with Gasteiger partial charge in [0.25, 0.3) is 0 Å². The van der Waals surface area contributed by atoms with Crippen LogP contribution in [0.5, 0.6) is 0 Å². The van der Waals surface area contributed by atoms with Crippen molar-refractivity contribution in [1.29, 1.82) is 0 Å². The molecule has 0 atom stereocenters. The summed E-state index contributed by atoms with van der Waals surface area (Å²) in [5.74, 6) is -2.04. The molecule has 0 aromatic heterocycles. The number of aryl methyl sites for hydroxylation is 1. The van der Waals surface area contributed by atoms with Gasteiger partial charge in [-0.3, -0.25) is 0 Å². The van der Waals surface area contributed by atoms with Crippen LogP contribution in [0.15, 0.2) is 24.3 Å². The molecule has 0 heterocycles. The predicted octanol–water partition coefficient (Wildman–Crippen LogP) is 6.59. The van der Waals surface area contributed by atoms with E-state index in [1.807, 2.05) is 0 Å². The maximum Gasteiger partial charge on any atom is 0.194 e. The van der Waals surface area contributed by atoms with Crippen molar-refractivity contribution >= 4 is 0 Å². The quantitative estimate of drug-likeness (QED) is 0.301. The van der Waals surface area contributed by atoms with Crippen LogP contribution >= 0.6 is 0 Å². The molecule has 0 unspecified atom stereocenters. The van der Waals surface area contributed by atoms with Crippen molar-refractivity contribution in [3.05, 3.63) is 47.3 Å². The molecule has 1 aromatic carbocycles. The number of rotatable bonds is 7. The van der Waals surface area contributed by atoms with Gasteiger partial charge in [-0.2, -0.15) is 0 Å². The third-order valence-corrected chi connectivity index (χ3v) is 5.07. The van der Waals surface area contributed by atoms with Gasteiger partial charge in [-0.05, 0) is 62.1 Å². The smallest absolute Gasteiger partial charge is 0.194 e. The highest BCUT2D eigenvalue weighted by atomic mass is 19.2. The van der Waals surface area contributed by atoms with Gasteiger partial charge >= 0.3 is 0 Å². The van der Waals surface area contributed by atoms with Gasteiger partial charge < -0.3 is 0 Å². The van der Waals surface area contributed by atoms with Gasteiger partial charge in [0.05, 0.1) is 0 Å². The van der Waals surface area contributed by atoms with Crippen LogP contribution in [-0.2, 0) is 6.42 Å². The molecule has 128 valence electrons. The first-order chi connectivity index (χ1) is 11.1. The molecule has 0 radical (unpaired) electrons. The molecule has 0 spiro atoms. The lowest BCUT2D eigenvalue weighted by Gasteiger charge is -2.28. The minimum Gasteiger partial charge on any atom is -0.204 e. The Balaban J connectivity index is 1.70. The van der Waals surface area contributed by atoms with Gasteiger partial charge in [-0.1, -0.05) is 44.3 Å². The molecule has 0 aliphatic heterocycles. The Morgan fingerprint density at radius 3 is 2.09 bits per heavy atom. The van der Waals surface area contributed by atoms with Crippen LogP contribution in [0, 0.1) is 29.3 Å². The largest absolute Gasteiger partial charge is 0.204 e. The monoisotopic (exact) mass is 324 g/mol. The third-order valence-electron chi connectivity index (χ3n) is 5.07. The van der Waals surface area contributed by atoms with Crippen molar-refractivity contribution in [3.63, 3.8) is 0 Å². The molecule has 1 saturated carbocycles. The minimum atomic E-state index is -1.37. The van der Waals surface area contributed by atoms with Crippen molar-refractivity contribution in [1.82, 2.24) is 0 Å². The summed E-state index contributed by atoms with van der Waals surface area (Å²) in [5.41, 5.74) is 0.565. The number of hydrogen-bond acceptors (Lipinski definition) is 0. The Morgan fingerprint density at radius 1 is 0.957 bits per heavy atom. The first kappa shape index (κ1) is 18.1. The van der Waals surface area contributed by atoms with Gasteiger partial charge in [0.2, 0.25) is 0 Å². The van der Waals surface area contributed by atoms with E-state index in [4.69, 9.17) is 0 Å². The fourth-order valence-electron chi connectivity index (χ4n) is 3.62. The van der Waals surface area contributed by atoms with Crippen molar-refractivity contribution in [2.75, 3.05) is 0 Å². The molecule has 1 aliphatic carbocycles. The molecule has 1 fully saturated rings. The highest BCUT2D eigenvalue weighted by Crippen LogP contribution is 2.34. The number of hydrogen-bond donors (Lipinski definition) is 0. The maximum absolute atomic E-state index is 13.2. The number of unbranched alkanes of at least 4 members (excludes halogenated alkanes) is 1. The summed E-state index contributed by atoms with van der Waals surface area (Å²) in [6.45, 7) is 2.06. The lowest BCUT2D eigenvalue weighted by atomic mass is 9.78. The molecule has 0 bridgehead atoms. The topological polar surface area (TPSA) is 0 Å². The predicted molar refractivity (Wildman–Crippen MR) is 88.8 cm³/mol. The normalized spacial score (nSPS) is 21.9. The fourth-order valence-corrected chi connectivity index (χ4v) is 3.62. The Labute approximate surface area is 137 Å². The van der Waals surface area contributed by atoms with E-state index < -0.39 is 17.5 Å². The molecule has 0 N–H and O–H groups in total. The molecule has 0 saturated heterocycles. The summed E-state index contributed by atoms with van der Waals surface area (Å²) < 4.78 is 39.4. The summed E-state index contributed by atoms with van der Waals surface area (Å²) in [6, 6.07) is 2.26. The van der Waals surface area contributed by atoms with Gasteiger partial charge in [0.15, 0.2) is 17.5 Å². The van der Waals surface area contributed by atoms with E-state index >= 15 is 0 Å². The lowest BCUT2D eigenvalue weighted by molar-refractivity contribution is 0.250. The van der Waals surface area contributed by atoms with Crippen molar-refractivity contribution in [2.45, 2.75) is 64.7 Å². The Bertz CT molecular complexity index is 491. The Kier molecular flexibility index (Phi) is 7.19. The van der Waals surface area contributed by atoms with Crippen LogP contribution in [0.3, 0.4) is 0 Å². The van der Waals surface area contributed by atoms with E-state index in [1.54, 1.807) is 0 Å². The minimum absolute atomic E-state index is 0.565. The second-order valence-corrected chi connectivity index (χ2v) is 6.80. The van der Waals surface area contributed by atoms with Crippen LogP contribution in [0.1, 0.15) is 63.9 Å². The van der Waals surface area contributed by atoms with Crippen LogP contribution < -0.4 is 0 Å². The zero-order valence-electron chi connectivity index (χ0n) is 14.0. The van der Waals surface area contributed by atoms with Crippen LogP contribution in [0.2, 0.25) is 0 Å². The standard InChI is InChI=1S/C20H27F3/c1-2-3-4-5-6-15-7-9-16(10-8-15)11-12-17-13-18(21)20(23)19(22)14-17/h2-3,13-16H,4-12H2,1H3/b3-2+/t15-,16-. The van der Waals surface area contributed by atoms with E-state index in [0.717, 1.165) is 24.5 Å². The summed E-state index contributed by atoms with van der Waals surface area (Å²) in [4.78, 5) is 0. The van der Waals surface area contributed by atoms with Gasteiger partial charge in [-0.15, -0.1) is 0 Å². The summed E-state index contributed by atoms with van der Waals surface area (Å²) in [5, 5.41) is 0. The molecule has 3 heteroatoms. The fraction of sp³-hybridized carbons (Fsp3) is 0.600. The van der Waals surface area contributed by atoms with E-state index in [2.05, 4.69) is 19.1 Å². The van der Waals surface area contributed by atoms with Gasteiger partial charge in [0, 0.05) is 0 Å². The summed E-state index contributed by atoms with van der Waals surface area (Å²) in [7, 11) is 0. The van der Waals surface area contributed by atoms with E-state index in [9.17, 15) is 13.2 Å². The maximum atomic E-state index is 13.2. The van der Waals surface area contributed by atoms with Crippen molar-refractivity contribution < 1.29 is 13.2 Å². The number of halogens is 3. The molecule has 23 heavy (non-hydrogen) atoms. The molecular weight excluding hydrogens is 297 g/mol. The highest BCUT2D eigenvalue weighted by molar-refractivity contribution is 5.19. The molecule has 1 aliphatic rings. The molecular formula is C20H27F3. The average molecular weight is 324 g/mol. The molecule has 0 amide bonds. The molecule has 2 rings (SSSR count). The first-order valence-electron chi connectivity index (χ1n) is 8.84. The van der Waals surface area contributed by atoms with E-state index in [-0.39, 0.29) is 0 Å². The highest BCUT2D eigenvalue weighted by Gasteiger charge is 2.21. The molecule has 1 aromatic rings. The van der Waals surface area contributed by atoms with E-state index in [0.29, 0.717) is 17.9 Å². The molecule has 0 nitrogen and oxygen atoms in total. The number of allylic oxidation sites excluding steroid dienone is 2. The second kappa shape index (κ2) is 9.14. The summed E-state index contributed by atoms with van der Waals surface area (Å²) >= 11 is 0. The van der Waals surface area contributed by atoms with Crippen LogP contribution in [0.25, 0.3) is 0 Å². The van der Waals surface area contributed by atoms with Crippen molar-refractivity contribution in [2.24, 2.45) is 11.8 Å². The van der Waals surface area contributed by atoms with Crippen LogP contribution in [0.4, 0.5) is 13.2 Å². The zero-order valence-corrected chi connectivity index (χ0v) is 14.0. The Hall–Kier alpha value is -1.25. The lowest BCUT2D eigenvalue weighted by Crippen LogP contribution is -2.15. The average Bonchev–Trinajstić information content (AvgIpc) is 2.55. The first-order valence-corrected chi connectivity index (χ1v) is 8.84. The van der Waals surface area contributed by atoms with Crippen LogP contribution in [-0.4, -0.2) is 0 Å².